The van der Waals surface area contributed by atoms with Gasteiger partial charge in [-0.25, -0.2) is 4.98 Å². The smallest absolute Gasteiger partial charge is 0.240 e. The van der Waals surface area contributed by atoms with Gasteiger partial charge in [-0.15, -0.1) is 0 Å². The fourth-order valence-electron chi connectivity index (χ4n) is 3.35. The number of rotatable bonds is 8. The van der Waals surface area contributed by atoms with Crippen molar-refractivity contribution in [3.8, 4) is 5.75 Å². The number of aromatic nitrogens is 3. The number of fused-ring (bicyclic) bond motifs is 1. The molecule has 0 radical (unpaired) electrons. The van der Waals surface area contributed by atoms with Crippen LogP contribution in [0.4, 0.5) is 0 Å². The van der Waals surface area contributed by atoms with Gasteiger partial charge >= 0.3 is 0 Å². The topological polar surface area (TPSA) is 78.3 Å². The van der Waals surface area contributed by atoms with E-state index in [2.05, 4.69) is 16.4 Å². The van der Waals surface area contributed by atoms with Crippen LogP contribution in [0.3, 0.4) is 0 Å². The molecule has 0 saturated carbocycles. The number of hydrogen-bond donors (Lipinski definition) is 1. The van der Waals surface area contributed by atoms with Gasteiger partial charge in [-0.1, -0.05) is 23.9 Å². The molecular formula is C21H24N4O3S. The summed E-state index contributed by atoms with van der Waals surface area (Å²) in [5, 5.41) is 3.78. The predicted octanol–water partition coefficient (Wildman–Crippen LogP) is 3.03. The number of ether oxygens (including phenoxy) is 2. The Balaban J connectivity index is 1.48. The number of carbonyl (C=O) groups excluding carboxylic acids is 1. The lowest BCUT2D eigenvalue weighted by molar-refractivity contribution is -0.122. The maximum atomic E-state index is 12.6. The summed E-state index contributed by atoms with van der Waals surface area (Å²) < 4.78 is 12.8. The highest BCUT2D eigenvalue weighted by Gasteiger charge is 2.18. The molecule has 0 spiro atoms. The number of carbonyl (C=O) groups is 1. The van der Waals surface area contributed by atoms with Gasteiger partial charge in [0.05, 0.1) is 30.4 Å². The van der Waals surface area contributed by atoms with Crippen LogP contribution >= 0.6 is 11.8 Å². The van der Waals surface area contributed by atoms with Gasteiger partial charge in [0.2, 0.25) is 5.91 Å². The standard InChI is InChI=1S/C21H24N4O3S/c1-27-16-5-2-4-15(10-16)14-29-21-24-18-7-8-22-12-19(18)25(21)13-20(26)23-11-17-6-3-9-28-17/h2,4-5,7-8,10,12,17H,3,6,9,11,13-14H2,1H3,(H,23,26)/t17-/m1/s1. The van der Waals surface area contributed by atoms with Crippen LogP contribution in [-0.4, -0.2) is 46.8 Å². The zero-order chi connectivity index (χ0) is 20.1. The maximum absolute atomic E-state index is 12.6. The molecule has 29 heavy (non-hydrogen) atoms. The number of imidazole rings is 1. The van der Waals surface area contributed by atoms with Crippen LogP contribution in [0.15, 0.2) is 47.9 Å². The Morgan fingerprint density at radius 1 is 1.41 bits per heavy atom. The minimum absolute atomic E-state index is 0.0492. The third kappa shape index (κ3) is 4.89. The summed E-state index contributed by atoms with van der Waals surface area (Å²) in [6.45, 7) is 1.54. The number of nitrogens with zero attached hydrogens (tertiary/aromatic N) is 3. The molecule has 8 heteroatoms. The molecular weight excluding hydrogens is 388 g/mol. The van der Waals surface area contributed by atoms with Crippen molar-refractivity contribution in [2.75, 3.05) is 20.3 Å². The Labute approximate surface area is 173 Å². The van der Waals surface area contributed by atoms with Gasteiger partial charge in [-0.3, -0.25) is 9.78 Å². The molecule has 7 nitrogen and oxygen atoms in total. The van der Waals surface area contributed by atoms with E-state index in [1.54, 1.807) is 31.3 Å². The van der Waals surface area contributed by atoms with Crippen LogP contribution < -0.4 is 10.1 Å². The van der Waals surface area contributed by atoms with Crippen LogP contribution in [-0.2, 0) is 21.8 Å². The number of hydrogen-bond acceptors (Lipinski definition) is 6. The van der Waals surface area contributed by atoms with Crippen LogP contribution in [0.1, 0.15) is 18.4 Å². The zero-order valence-corrected chi connectivity index (χ0v) is 17.2. The summed E-state index contributed by atoms with van der Waals surface area (Å²) in [5.74, 6) is 1.51. The Hall–Kier alpha value is -2.58. The molecule has 1 N–H and O–H groups in total. The van der Waals surface area contributed by atoms with Gasteiger partial charge in [0, 0.05) is 25.1 Å². The number of pyridine rings is 1. The van der Waals surface area contributed by atoms with Crippen LogP contribution in [0.5, 0.6) is 5.75 Å². The minimum atomic E-state index is -0.0492. The number of methoxy groups -OCH3 is 1. The second kappa shape index (κ2) is 9.28. The maximum Gasteiger partial charge on any atom is 0.240 e. The monoisotopic (exact) mass is 412 g/mol. The van der Waals surface area contributed by atoms with E-state index in [0.29, 0.717) is 6.54 Å². The summed E-state index contributed by atoms with van der Waals surface area (Å²) in [5.41, 5.74) is 2.82. The van der Waals surface area contributed by atoms with Crippen molar-refractivity contribution >= 4 is 28.7 Å². The zero-order valence-electron chi connectivity index (χ0n) is 16.3. The van der Waals surface area contributed by atoms with Crippen molar-refractivity contribution in [3.05, 3.63) is 48.3 Å². The van der Waals surface area contributed by atoms with E-state index < -0.39 is 0 Å². The Morgan fingerprint density at radius 3 is 3.17 bits per heavy atom. The third-order valence-electron chi connectivity index (χ3n) is 4.87. The van der Waals surface area contributed by atoms with E-state index in [-0.39, 0.29) is 18.6 Å². The summed E-state index contributed by atoms with van der Waals surface area (Å²) >= 11 is 1.59. The summed E-state index contributed by atoms with van der Waals surface area (Å²) in [6.07, 6.45) is 5.66. The quantitative estimate of drug-likeness (QED) is 0.573. The summed E-state index contributed by atoms with van der Waals surface area (Å²) in [6, 6.07) is 9.83. The van der Waals surface area contributed by atoms with E-state index >= 15 is 0 Å². The number of amides is 1. The highest BCUT2D eigenvalue weighted by molar-refractivity contribution is 7.98. The molecule has 1 aromatic carbocycles. The first-order valence-electron chi connectivity index (χ1n) is 9.67. The average molecular weight is 413 g/mol. The van der Waals surface area contributed by atoms with Gasteiger partial charge in [0.15, 0.2) is 5.16 Å². The second-order valence-corrected chi connectivity index (χ2v) is 7.87. The normalized spacial score (nSPS) is 16.2. The third-order valence-corrected chi connectivity index (χ3v) is 5.92. The van der Waals surface area contributed by atoms with E-state index in [4.69, 9.17) is 14.5 Å². The Bertz CT molecular complexity index is 985. The van der Waals surface area contributed by atoms with Crippen LogP contribution in [0.25, 0.3) is 11.0 Å². The molecule has 152 valence electrons. The van der Waals surface area contributed by atoms with Gasteiger partial charge in [0.25, 0.3) is 0 Å². The van der Waals surface area contributed by atoms with Crippen LogP contribution in [0, 0.1) is 0 Å². The van der Waals surface area contributed by atoms with Gasteiger partial charge in [-0.2, -0.15) is 0 Å². The first-order valence-corrected chi connectivity index (χ1v) is 10.7. The predicted molar refractivity (Wildman–Crippen MR) is 112 cm³/mol. The van der Waals surface area contributed by atoms with Gasteiger partial charge in [-0.05, 0) is 36.6 Å². The molecule has 1 atom stereocenters. The van der Waals surface area contributed by atoms with E-state index in [9.17, 15) is 4.79 Å². The number of thioether (sulfide) groups is 1. The molecule has 3 aromatic rings. The first kappa shape index (κ1) is 19.7. The lowest BCUT2D eigenvalue weighted by atomic mass is 10.2. The molecule has 0 bridgehead atoms. The molecule has 1 saturated heterocycles. The minimum Gasteiger partial charge on any atom is -0.497 e. The molecule has 1 aliphatic rings. The van der Waals surface area contributed by atoms with Crippen molar-refractivity contribution < 1.29 is 14.3 Å². The van der Waals surface area contributed by atoms with Gasteiger partial charge in [0.1, 0.15) is 12.3 Å². The largest absolute Gasteiger partial charge is 0.497 e. The molecule has 0 aliphatic carbocycles. The molecule has 2 aromatic heterocycles. The second-order valence-electron chi connectivity index (χ2n) is 6.92. The molecule has 1 aliphatic heterocycles. The van der Waals surface area contributed by atoms with Crippen molar-refractivity contribution in [1.82, 2.24) is 19.9 Å². The fraction of sp³-hybridized carbons (Fsp3) is 0.381. The van der Waals surface area contributed by atoms with E-state index in [1.807, 2.05) is 28.8 Å². The highest BCUT2D eigenvalue weighted by Crippen LogP contribution is 2.27. The Morgan fingerprint density at radius 2 is 2.34 bits per heavy atom. The van der Waals surface area contributed by atoms with E-state index in [0.717, 1.165) is 52.7 Å². The number of benzene rings is 1. The SMILES string of the molecule is COc1cccc(CSc2nc3ccncc3n2CC(=O)NC[C@H]2CCCO2)c1. The molecule has 4 rings (SSSR count). The lowest BCUT2D eigenvalue weighted by Crippen LogP contribution is -2.34. The Kier molecular flexibility index (Phi) is 6.31. The molecule has 1 fully saturated rings. The lowest BCUT2D eigenvalue weighted by Gasteiger charge is -2.12. The van der Waals surface area contributed by atoms with Crippen LogP contribution in [0.2, 0.25) is 0 Å². The fourth-order valence-corrected chi connectivity index (χ4v) is 4.31. The highest BCUT2D eigenvalue weighted by atomic mass is 32.2. The summed E-state index contributed by atoms with van der Waals surface area (Å²) in [7, 11) is 1.66. The number of nitrogens with one attached hydrogen (secondary N) is 1. The molecule has 3 heterocycles. The molecule has 1 amide bonds. The van der Waals surface area contributed by atoms with Crippen molar-refractivity contribution in [1.29, 1.82) is 0 Å². The van der Waals surface area contributed by atoms with Gasteiger partial charge < -0.3 is 19.4 Å². The van der Waals surface area contributed by atoms with Crippen molar-refractivity contribution in [2.24, 2.45) is 0 Å². The first-order chi connectivity index (χ1) is 14.2. The van der Waals surface area contributed by atoms with Crippen molar-refractivity contribution in [3.63, 3.8) is 0 Å². The van der Waals surface area contributed by atoms with Crippen molar-refractivity contribution in [2.45, 2.75) is 36.4 Å². The summed E-state index contributed by atoms with van der Waals surface area (Å²) in [4.78, 5) is 21.5. The average Bonchev–Trinajstić information content (AvgIpc) is 3.39. The molecule has 0 unspecified atom stereocenters. The van der Waals surface area contributed by atoms with E-state index in [1.165, 1.54) is 0 Å².